The Hall–Kier alpha value is -0.940. The van der Waals surface area contributed by atoms with Gasteiger partial charge in [-0.2, -0.15) is 13.2 Å². The van der Waals surface area contributed by atoms with Crippen molar-refractivity contribution in [3.63, 3.8) is 0 Å². The van der Waals surface area contributed by atoms with Gasteiger partial charge in [-0.3, -0.25) is 0 Å². The molecule has 0 saturated carbocycles. The third kappa shape index (κ3) is 4.05. The van der Waals surface area contributed by atoms with Crippen LogP contribution in [-0.2, 0) is 0 Å². The van der Waals surface area contributed by atoms with Gasteiger partial charge in [0.1, 0.15) is 6.54 Å². The Balaban J connectivity index is 4.09. The number of nitrogens with one attached hydrogen (secondary N) is 1. The summed E-state index contributed by atoms with van der Waals surface area (Å²) in [4.78, 5) is 11.4. The Morgan fingerprint density at radius 2 is 2.00 bits per heavy atom. The van der Waals surface area contributed by atoms with Gasteiger partial charge in [-0.15, -0.1) is 0 Å². The monoisotopic (exact) mass is 184 g/mol. The molecule has 6 heteroatoms. The predicted octanol–water partition coefficient (Wildman–Crippen LogP) is 1.21. The van der Waals surface area contributed by atoms with Gasteiger partial charge in [-0.1, -0.05) is 0 Å². The number of alkyl halides is 3. The number of carbonyl (C=O) groups excluding carboxylic acids is 1. The second-order valence-electron chi connectivity index (χ2n) is 2.18. The van der Waals surface area contributed by atoms with Crippen LogP contribution in [0, 0.1) is 0 Å². The van der Waals surface area contributed by atoms with Crippen molar-refractivity contribution in [3.05, 3.63) is 0 Å². The minimum absolute atomic E-state index is 0.0409. The molecular formula is C6H11F3N2O. The van der Waals surface area contributed by atoms with E-state index in [-0.39, 0.29) is 6.54 Å². The molecule has 0 saturated heterocycles. The molecule has 0 radical (unpaired) electrons. The van der Waals surface area contributed by atoms with E-state index >= 15 is 0 Å². The molecule has 72 valence electrons. The highest BCUT2D eigenvalue weighted by atomic mass is 19.4. The van der Waals surface area contributed by atoms with Crippen LogP contribution < -0.4 is 5.32 Å². The first-order valence-electron chi connectivity index (χ1n) is 3.44. The van der Waals surface area contributed by atoms with Gasteiger partial charge in [0.2, 0.25) is 0 Å². The number of nitrogens with zero attached hydrogens (tertiary/aromatic N) is 1. The van der Waals surface area contributed by atoms with Crippen molar-refractivity contribution < 1.29 is 18.0 Å². The minimum Gasteiger partial charge on any atom is -0.341 e. The zero-order valence-electron chi connectivity index (χ0n) is 6.90. The maximum absolute atomic E-state index is 11.8. The Morgan fingerprint density at radius 3 is 2.25 bits per heavy atom. The number of urea groups is 1. The van der Waals surface area contributed by atoms with E-state index in [1.54, 1.807) is 0 Å². The molecule has 0 rings (SSSR count). The van der Waals surface area contributed by atoms with E-state index in [0.29, 0.717) is 4.90 Å². The summed E-state index contributed by atoms with van der Waals surface area (Å²) in [6, 6.07) is -0.713. The van der Waals surface area contributed by atoms with E-state index in [0.717, 1.165) is 0 Å². The Bertz CT molecular complexity index is 157. The molecule has 0 aliphatic rings. The fraction of sp³-hybridized carbons (Fsp3) is 0.833. The summed E-state index contributed by atoms with van der Waals surface area (Å²) in [5, 5.41) is 2.13. The molecule has 0 aliphatic carbocycles. The lowest BCUT2D eigenvalue weighted by atomic mass is 10.5. The molecule has 0 aromatic carbocycles. The summed E-state index contributed by atoms with van der Waals surface area (Å²) < 4.78 is 35.3. The summed E-state index contributed by atoms with van der Waals surface area (Å²) >= 11 is 0. The van der Waals surface area contributed by atoms with Gasteiger partial charge < -0.3 is 10.2 Å². The molecule has 0 spiro atoms. The van der Waals surface area contributed by atoms with E-state index in [4.69, 9.17) is 0 Å². The fourth-order valence-corrected chi connectivity index (χ4v) is 0.702. The van der Waals surface area contributed by atoms with E-state index in [2.05, 4.69) is 5.32 Å². The Labute approximate surface area is 68.5 Å². The summed E-state index contributed by atoms with van der Waals surface area (Å²) in [6.45, 7) is 0.323. The van der Waals surface area contributed by atoms with Crippen LogP contribution in [0.2, 0.25) is 0 Å². The van der Waals surface area contributed by atoms with Gasteiger partial charge in [0.15, 0.2) is 0 Å². The van der Waals surface area contributed by atoms with Crippen LogP contribution in [0.15, 0.2) is 0 Å². The second kappa shape index (κ2) is 4.18. The zero-order valence-corrected chi connectivity index (χ0v) is 6.90. The largest absolute Gasteiger partial charge is 0.406 e. The maximum Gasteiger partial charge on any atom is 0.406 e. The molecule has 2 amide bonds. The van der Waals surface area contributed by atoms with Crippen molar-refractivity contribution in [2.24, 2.45) is 0 Å². The standard InChI is InChI=1S/C6H11F3N2O/c1-3-11(5(12)10-2)4-6(7,8)9/h3-4H2,1-2H3,(H,10,12). The summed E-state index contributed by atoms with van der Waals surface area (Å²) in [5.41, 5.74) is 0. The summed E-state index contributed by atoms with van der Waals surface area (Å²) in [6.07, 6.45) is -4.33. The molecule has 0 aliphatic heterocycles. The smallest absolute Gasteiger partial charge is 0.341 e. The van der Waals surface area contributed by atoms with Crippen LogP contribution in [0.25, 0.3) is 0 Å². The highest BCUT2D eigenvalue weighted by Crippen LogP contribution is 2.15. The summed E-state index contributed by atoms with van der Waals surface area (Å²) in [5.74, 6) is 0. The zero-order chi connectivity index (χ0) is 9.78. The molecule has 1 N–H and O–H groups in total. The highest BCUT2D eigenvalue weighted by Gasteiger charge is 2.31. The van der Waals surface area contributed by atoms with Crippen LogP contribution >= 0.6 is 0 Å². The highest BCUT2D eigenvalue weighted by molar-refractivity contribution is 5.73. The number of hydrogen-bond acceptors (Lipinski definition) is 1. The minimum atomic E-state index is -4.33. The molecule has 0 aromatic rings. The Morgan fingerprint density at radius 1 is 1.50 bits per heavy atom. The second-order valence-corrected chi connectivity index (χ2v) is 2.18. The number of rotatable bonds is 2. The molecule has 3 nitrogen and oxygen atoms in total. The van der Waals surface area contributed by atoms with Crippen LogP contribution in [0.4, 0.5) is 18.0 Å². The topological polar surface area (TPSA) is 32.3 Å². The molecule has 0 heterocycles. The van der Waals surface area contributed by atoms with Gasteiger partial charge in [0, 0.05) is 13.6 Å². The van der Waals surface area contributed by atoms with Crippen LogP contribution in [-0.4, -0.2) is 37.2 Å². The van der Waals surface area contributed by atoms with Crippen molar-refractivity contribution in [3.8, 4) is 0 Å². The van der Waals surface area contributed by atoms with E-state index in [1.165, 1.54) is 14.0 Å². The van der Waals surface area contributed by atoms with E-state index in [9.17, 15) is 18.0 Å². The lowest BCUT2D eigenvalue weighted by Crippen LogP contribution is -2.43. The van der Waals surface area contributed by atoms with E-state index < -0.39 is 18.8 Å². The molecule has 0 atom stereocenters. The first-order chi connectivity index (χ1) is 5.40. The van der Waals surface area contributed by atoms with Gasteiger partial charge in [0.05, 0.1) is 0 Å². The van der Waals surface area contributed by atoms with Crippen LogP contribution in [0.5, 0.6) is 0 Å². The average molecular weight is 184 g/mol. The molecule has 0 fully saturated rings. The van der Waals surface area contributed by atoms with E-state index in [1.807, 2.05) is 0 Å². The lowest BCUT2D eigenvalue weighted by Gasteiger charge is -2.21. The van der Waals surface area contributed by atoms with Crippen molar-refractivity contribution in [1.82, 2.24) is 10.2 Å². The molecule has 12 heavy (non-hydrogen) atoms. The van der Waals surface area contributed by atoms with Crippen LogP contribution in [0.3, 0.4) is 0 Å². The van der Waals surface area contributed by atoms with Gasteiger partial charge in [-0.25, -0.2) is 4.79 Å². The number of halogens is 3. The van der Waals surface area contributed by atoms with Crippen LogP contribution in [0.1, 0.15) is 6.92 Å². The van der Waals surface area contributed by atoms with Crippen molar-refractivity contribution in [1.29, 1.82) is 0 Å². The molecule has 0 unspecified atom stereocenters. The first kappa shape index (κ1) is 11.1. The van der Waals surface area contributed by atoms with Crippen molar-refractivity contribution in [2.75, 3.05) is 20.1 Å². The van der Waals surface area contributed by atoms with Crippen molar-refractivity contribution in [2.45, 2.75) is 13.1 Å². The average Bonchev–Trinajstić information content (AvgIpc) is 1.97. The molecular weight excluding hydrogens is 173 g/mol. The maximum atomic E-state index is 11.8. The predicted molar refractivity (Wildman–Crippen MR) is 37.8 cm³/mol. The molecule has 0 bridgehead atoms. The number of hydrogen-bond donors (Lipinski definition) is 1. The first-order valence-corrected chi connectivity index (χ1v) is 3.44. The molecule has 0 aromatic heterocycles. The van der Waals surface area contributed by atoms with Gasteiger partial charge >= 0.3 is 12.2 Å². The van der Waals surface area contributed by atoms with Crippen molar-refractivity contribution >= 4 is 6.03 Å². The third-order valence-corrected chi connectivity index (χ3v) is 1.25. The lowest BCUT2D eigenvalue weighted by molar-refractivity contribution is -0.139. The van der Waals surface area contributed by atoms with Gasteiger partial charge in [-0.05, 0) is 6.92 Å². The quantitative estimate of drug-likeness (QED) is 0.687. The number of amides is 2. The Kier molecular flexibility index (Phi) is 3.85. The summed E-state index contributed by atoms with van der Waals surface area (Å²) in [7, 11) is 1.29. The SMILES string of the molecule is CCN(CC(F)(F)F)C(=O)NC. The fourth-order valence-electron chi connectivity index (χ4n) is 0.702. The number of carbonyl (C=O) groups is 1. The normalized spacial score (nSPS) is 11.1. The third-order valence-electron chi connectivity index (χ3n) is 1.25. The van der Waals surface area contributed by atoms with Gasteiger partial charge in [0.25, 0.3) is 0 Å².